The number of aryl methyl sites for hydroxylation is 1. The molecule has 1 aliphatic carbocycles. The third-order valence-electron chi connectivity index (χ3n) is 2.80. The van der Waals surface area contributed by atoms with Crippen molar-refractivity contribution in [2.45, 2.75) is 26.4 Å². The smallest absolute Gasteiger partial charge is 0.128 e. The fourth-order valence-corrected chi connectivity index (χ4v) is 1.79. The maximum atomic E-state index is 9.12. The molecule has 0 bridgehead atoms. The van der Waals surface area contributed by atoms with Crippen molar-refractivity contribution in [3.63, 3.8) is 0 Å². The zero-order valence-corrected chi connectivity index (χ0v) is 9.40. The first kappa shape index (κ1) is 10.4. The lowest BCUT2D eigenvalue weighted by Gasteiger charge is -2.18. The van der Waals surface area contributed by atoms with Crippen molar-refractivity contribution in [3.8, 4) is 0 Å². The van der Waals surface area contributed by atoms with Crippen LogP contribution in [-0.2, 0) is 6.61 Å². The van der Waals surface area contributed by atoms with E-state index in [2.05, 4.69) is 16.9 Å². The lowest BCUT2D eigenvalue weighted by atomic mass is 10.2. The van der Waals surface area contributed by atoms with Crippen LogP contribution in [0, 0.1) is 12.8 Å². The molecule has 1 fully saturated rings. The third-order valence-corrected chi connectivity index (χ3v) is 2.80. The molecule has 15 heavy (non-hydrogen) atoms. The van der Waals surface area contributed by atoms with E-state index in [1.807, 2.05) is 19.1 Å². The molecule has 82 valence electrons. The van der Waals surface area contributed by atoms with Crippen LogP contribution in [-0.4, -0.2) is 23.7 Å². The second-order valence-corrected chi connectivity index (χ2v) is 4.46. The molecule has 0 amide bonds. The van der Waals surface area contributed by atoms with Crippen LogP contribution in [0.1, 0.15) is 24.1 Å². The predicted octanol–water partition coefficient (Wildman–Crippen LogP) is 1.73. The number of aliphatic hydroxyl groups is 1. The Kier molecular flexibility index (Phi) is 2.91. The van der Waals surface area contributed by atoms with Gasteiger partial charge in [-0.25, -0.2) is 4.98 Å². The van der Waals surface area contributed by atoms with Crippen LogP contribution in [0.4, 0.5) is 5.82 Å². The normalized spacial score (nSPS) is 15.4. The van der Waals surface area contributed by atoms with Gasteiger partial charge in [0.2, 0.25) is 0 Å². The van der Waals surface area contributed by atoms with E-state index in [4.69, 9.17) is 5.11 Å². The van der Waals surface area contributed by atoms with Crippen LogP contribution >= 0.6 is 0 Å². The fourth-order valence-electron chi connectivity index (χ4n) is 1.79. The first-order chi connectivity index (χ1) is 7.19. The monoisotopic (exact) mass is 206 g/mol. The highest BCUT2D eigenvalue weighted by Crippen LogP contribution is 2.30. The Balaban J connectivity index is 2.13. The Morgan fingerprint density at radius 3 is 2.80 bits per heavy atom. The standard InChI is InChI=1S/C12H18N2O/c1-9-5-11(8-15)6-12(13-9)14(2)7-10-3-4-10/h5-6,10,15H,3-4,7-8H2,1-2H3. The molecular weight excluding hydrogens is 188 g/mol. The van der Waals surface area contributed by atoms with Crippen LogP contribution < -0.4 is 4.90 Å². The van der Waals surface area contributed by atoms with Gasteiger partial charge in [-0.15, -0.1) is 0 Å². The molecule has 0 aliphatic heterocycles. The minimum absolute atomic E-state index is 0.0909. The van der Waals surface area contributed by atoms with Crippen molar-refractivity contribution >= 4 is 5.82 Å². The average molecular weight is 206 g/mol. The molecule has 3 nitrogen and oxygen atoms in total. The van der Waals surface area contributed by atoms with E-state index >= 15 is 0 Å². The molecular formula is C12H18N2O. The summed E-state index contributed by atoms with van der Waals surface area (Å²) in [5, 5.41) is 9.12. The minimum Gasteiger partial charge on any atom is -0.392 e. The van der Waals surface area contributed by atoms with Crippen LogP contribution in [0.3, 0.4) is 0 Å². The van der Waals surface area contributed by atoms with Gasteiger partial charge in [0.05, 0.1) is 6.61 Å². The summed E-state index contributed by atoms with van der Waals surface area (Å²) in [5.41, 5.74) is 1.92. The highest BCUT2D eigenvalue weighted by molar-refractivity contribution is 5.41. The molecule has 1 heterocycles. The summed E-state index contributed by atoms with van der Waals surface area (Å²) in [6.07, 6.45) is 2.70. The molecule has 1 aromatic rings. The third kappa shape index (κ3) is 2.69. The summed E-state index contributed by atoms with van der Waals surface area (Å²) in [6.45, 7) is 3.14. The summed E-state index contributed by atoms with van der Waals surface area (Å²) in [7, 11) is 2.07. The van der Waals surface area contributed by atoms with Crippen LogP contribution in [0.25, 0.3) is 0 Å². The highest BCUT2D eigenvalue weighted by atomic mass is 16.3. The quantitative estimate of drug-likeness (QED) is 0.815. The Morgan fingerprint density at radius 1 is 1.47 bits per heavy atom. The van der Waals surface area contributed by atoms with Gasteiger partial charge in [-0.2, -0.15) is 0 Å². The van der Waals surface area contributed by atoms with Gasteiger partial charge in [0.15, 0.2) is 0 Å². The number of pyridine rings is 1. The van der Waals surface area contributed by atoms with E-state index in [0.717, 1.165) is 29.5 Å². The second-order valence-electron chi connectivity index (χ2n) is 4.46. The van der Waals surface area contributed by atoms with Crippen LogP contribution in [0.5, 0.6) is 0 Å². The number of hydrogen-bond acceptors (Lipinski definition) is 3. The summed E-state index contributed by atoms with van der Waals surface area (Å²) < 4.78 is 0. The van der Waals surface area contributed by atoms with Gasteiger partial charge in [-0.3, -0.25) is 0 Å². The van der Waals surface area contributed by atoms with E-state index in [-0.39, 0.29) is 6.61 Å². The Hall–Kier alpha value is -1.09. The number of rotatable bonds is 4. The Morgan fingerprint density at radius 2 is 2.20 bits per heavy atom. The Labute approximate surface area is 90.8 Å². The van der Waals surface area contributed by atoms with Gasteiger partial charge >= 0.3 is 0 Å². The molecule has 1 saturated carbocycles. The molecule has 2 rings (SSSR count). The zero-order valence-electron chi connectivity index (χ0n) is 9.40. The molecule has 1 aliphatic rings. The van der Waals surface area contributed by atoms with Crippen molar-refractivity contribution in [2.24, 2.45) is 5.92 Å². The number of nitrogens with zero attached hydrogens (tertiary/aromatic N) is 2. The maximum absolute atomic E-state index is 9.12. The first-order valence-electron chi connectivity index (χ1n) is 5.48. The molecule has 0 atom stereocenters. The number of anilines is 1. The fraction of sp³-hybridized carbons (Fsp3) is 0.583. The molecule has 0 saturated heterocycles. The second kappa shape index (κ2) is 4.19. The highest BCUT2D eigenvalue weighted by Gasteiger charge is 2.23. The summed E-state index contributed by atoms with van der Waals surface area (Å²) >= 11 is 0. The van der Waals surface area contributed by atoms with Gasteiger partial charge in [0.25, 0.3) is 0 Å². The summed E-state index contributed by atoms with van der Waals surface area (Å²) in [6, 6.07) is 3.89. The first-order valence-corrected chi connectivity index (χ1v) is 5.48. The molecule has 0 spiro atoms. The van der Waals surface area contributed by atoms with Crippen molar-refractivity contribution in [1.29, 1.82) is 0 Å². The molecule has 1 N–H and O–H groups in total. The van der Waals surface area contributed by atoms with Crippen molar-refractivity contribution in [2.75, 3.05) is 18.5 Å². The van der Waals surface area contributed by atoms with Crippen molar-refractivity contribution < 1.29 is 5.11 Å². The van der Waals surface area contributed by atoms with Crippen molar-refractivity contribution in [1.82, 2.24) is 4.98 Å². The van der Waals surface area contributed by atoms with E-state index in [1.54, 1.807) is 0 Å². The largest absolute Gasteiger partial charge is 0.392 e. The lowest BCUT2D eigenvalue weighted by molar-refractivity contribution is 0.281. The van der Waals surface area contributed by atoms with E-state index in [9.17, 15) is 0 Å². The topological polar surface area (TPSA) is 36.4 Å². The molecule has 1 aromatic heterocycles. The average Bonchev–Trinajstić information content (AvgIpc) is 3.00. The minimum atomic E-state index is 0.0909. The van der Waals surface area contributed by atoms with Gasteiger partial charge < -0.3 is 10.0 Å². The number of hydrogen-bond donors (Lipinski definition) is 1. The van der Waals surface area contributed by atoms with Gasteiger partial charge in [-0.05, 0) is 43.4 Å². The van der Waals surface area contributed by atoms with Crippen molar-refractivity contribution in [3.05, 3.63) is 23.4 Å². The lowest BCUT2D eigenvalue weighted by Crippen LogP contribution is -2.21. The summed E-state index contributed by atoms with van der Waals surface area (Å²) in [4.78, 5) is 6.66. The van der Waals surface area contributed by atoms with Gasteiger partial charge in [0.1, 0.15) is 5.82 Å². The van der Waals surface area contributed by atoms with E-state index in [0.29, 0.717) is 0 Å². The van der Waals surface area contributed by atoms with Crippen LogP contribution in [0.15, 0.2) is 12.1 Å². The number of aliphatic hydroxyl groups excluding tert-OH is 1. The Bertz CT molecular complexity index is 347. The SMILES string of the molecule is Cc1cc(CO)cc(N(C)CC2CC2)n1. The van der Waals surface area contributed by atoms with Crippen LogP contribution in [0.2, 0.25) is 0 Å². The van der Waals surface area contributed by atoms with Gasteiger partial charge in [-0.1, -0.05) is 0 Å². The van der Waals surface area contributed by atoms with Gasteiger partial charge in [0, 0.05) is 19.3 Å². The molecule has 0 aromatic carbocycles. The van der Waals surface area contributed by atoms with E-state index < -0.39 is 0 Å². The van der Waals surface area contributed by atoms with E-state index in [1.165, 1.54) is 12.8 Å². The number of aromatic nitrogens is 1. The molecule has 0 radical (unpaired) electrons. The molecule has 3 heteroatoms. The summed E-state index contributed by atoms with van der Waals surface area (Å²) in [5.74, 6) is 1.83. The maximum Gasteiger partial charge on any atom is 0.128 e. The molecule has 0 unspecified atom stereocenters. The zero-order chi connectivity index (χ0) is 10.8. The predicted molar refractivity (Wildman–Crippen MR) is 60.9 cm³/mol.